The van der Waals surface area contributed by atoms with E-state index >= 15 is 0 Å². The minimum atomic E-state index is -1.37. The highest BCUT2D eigenvalue weighted by Crippen LogP contribution is 2.27. The van der Waals surface area contributed by atoms with Crippen LogP contribution in [0.3, 0.4) is 0 Å². The summed E-state index contributed by atoms with van der Waals surface area (Å²) in [6, 6.07) is 10.7. The summed E-state index contributed by atoms with van der Waals surface area (Å²) in [5.74, 6) is -3.45. The molecule has 0 aliphatic rings. The second-order valence-electron chi connectivity index (χ2n) is 4.08. The normalized spacial score (nSPS) is 11.7. The Morgan fingerprint density at radius 1 is 1.20 bits per heavy atom. The molecule has 5 heteroatoms. The van der Waals surface area contributed by atoms with Crippen LogP contribution >= 0.6 is 11.6 Å². The van der Waals surface area contributed by atoms with Gasteiger partial charge in [0.1, 0.15) is 17.6 Å². The zero-order valence-electron chi connectivity index (χ0n) is 10.1. The molecule has 0 amide bonds. The monoisotopic (exact) mass is 291 g/mol. The zero-order chi connectivity index (χ0) is 14.7. The van der Waals surface area contributed by atoms with Crippen LogP contribution in [0.1, 0.15) is 21.8 Å². The maximum atomic E-state index is 13.9. The summed E-state index contributed by atoms with van der Waals surface area (Å²) >= 11 is 5.64. The van der Waals surface area contributed by atoms with Crippen molar-refractivity contribution < 1.29 is 13.6 Å². The number of nitrogens with zero attached hydrogens (tertiary/aromatic N) is 1. The molecule has 20 heavy (non-hydrogen) atoms. The Labute approximate surface area is 119 Å². The highest BCUT2D eigenvalue weighted by atomic mass is 35.5. The van der Waals surface area contributed by atoms with E-state index in [-0.39, 0.29) is 16.1 Å². The Hall–Kier alpha value is -2.25. The third-order valence-electron chi connectivity index (χ3n) is 2.79. The maximum Gasteiger partial charge on any atom is 0.184 e. The molecule has 2 rings (SSSR count). The lowest BCUT2D eigenvalue weighted by Crippen LogP contribution is -2.13. The van der Waals surface area contributed by atoms with E-state index in [1.165, 1.54) is 36.4 Å². The lowest BCUT2D eigenvalue weighted by Gasteiger charge is -2.10. The second kappa shape index (κ2) is 5.81. The van der Waals surface area contributed by atoms with Crippen LogP contribution in [-0.4, -0.2) is 5.78 Å². The van der Waals surface area contributed by atoms with Crippen LogP contribution in [0.5, 0.6) is 0 Å². The van der Waals surface area contributed by atoms with Crippen molar-refractivity contribution >= 4 is 17.4 Å². The van der Waals surface area contributed by atoms with E-state index in [0.717, 1.165) is 6.07 Å². The van der Waals surface area contributed by atoms with Gasteiger partial charge in [0.05, 0.1) is 11.1 Å². The summed E-state index contributed by atoms with van der Waals surface area (Å²) in [6.45, 7) is 0. The fourth-order valence-corrected chi connectivity index (χ4v) is 2.00. The van der Waals surface area contributed by atoms with Gasteiger partial charge < -0.3 is 0 Å². The van der Waals surface area contributed by atoms with Gasteiger partial charge in [0.25, 0.3) is 0 Å². The minimum absolute atomic E-state index is 0.0101. The van der Waals surface area contributed by atoms with Gasteiger partial charge in [-0.3, -0.25) is 4.79 Å². The lowest BCUT2D eigenvalue weighted by molar-refractivity contribution is 0.0977. The van der Waals surface area contributed by atoms with Gasteiger partial charge in [0.2, 0.25) is 0 Å². The first-order valence-electron chi connectivity index (χ1n) is 5.68. The third kappa shape index (κ3) is 2.68. The first kappa shape index (κ1) is 14.2. The molecule has 0 saturated carbocycles. The van der Waals surface area contributed by atoms with Crippen LogP contribution in [0.4, 0.5) is 8.78 Å². The van der Waals surface area contributed by atoms with Crippen LogP contribution in [0, 0.1) is 23.0 Å². The van der Waals surface area contributed by atoms with Gasteiger partial charge >= 0.3 is 0 Å². The zero-order valence-corrected chi connectivity index (χ0v) is 10.9. The predicted octanol–water partition coefficient (Wildman–Crippen LogP) is 4.11. The molecule has 2 nitrogen and oxygen atoms in total. The number of hydrogen-bond donors (Lipinski definition) is 0. The summed E-state index contributed by atoms with van der Waals surface area (Å²) < 4.78 is 27.0. The summed E-state index contributed by atoms with van der Waals surface area (Å²) in [5, 5.41) is 8.95. The number of nitriles is 1. The maximum absolute atomic E-state index is 13.9. The average Bonchev–Trinajstić information content (AvgIpc) is 2.44. The molecule has 0 radical (unpaired) electrons. The quantitative estimate of drug-likeness (QED) is 0.799. The van der Waals surface area contributed by atoms with E-state index < -0.39 is 23.3 Å². The second-order valence-corrected chi connectivity index (χ2v) is 4.49. The van der Waals surface area contributed by atoms with Crippen molar-refractivity contribution in [2.75, 3.05) is 0 Å². The molecule has 0 aliphatic heterocycles. The van der Waals surface area contributed by atoms with Crippen LogP contribution in [-0.2, 0) is 0 Å². The van der Waals surface area contributed by atoms with Crippen LogP contribution in [0.15, 0.2) is 42.5 Å². The SMILES string of the molecule is N#CC(C(=O)c1cccc(F)c1)c1cccc(Cl)c1F. The van der Waals surface area contributed by atoms with Gasteiger partial charge in [0, 0.05) is 11.1 Å². The summed E-state index contributed by atoms with van der Waals surface area (Å²) in [6.07, 6.45) is 0. The third-order valence-corrected chi connectivity index (χ3v) is 3.08. The fraction of sp³-hybridized carbons (Fsp3) is 0.0667. The topological polar surface area (TPSA) is 40.9 Å². The van der Waals surface area contributed by atoms with Gasteiger partial charge in [-0.25, -0.2) is 8.78 Å². The molecular formula is C15H8ClF2NO. The number of rotatable bonds is 3. The largest absolute Gasteiger partial charge is 0.292 e. The molecule has 2 aromatic rings. The standard InChI is InChI=1S/C15H8ClF2NO/c16-13-6-2-5-11(14(13)18)12(8-19)15(20)9-3-1-4-10(17)7-9/h1-7,12H. The van der Waals surface area contributed by atoms with Gasteiger partial charge in [-0.1, -0.05) is 35.9 Å². The van der Waals surface area contributed by atoms with Gasteiger partial charge in [-0.2, -0.15) is 5.26 Å². The van der Waals surface area contributed by atoms with E-state index in [1.807, 2.05) is 0 Å². The smallest absolute Gasteiger partial charge is 0.184 e. The molecule has 0 fully saturated rings. The van der Waals surface area contributed by atoms with Crippen molar-refractivity contribution in [2.24, 2.45) is 0 Å². The summed E-state index contributed by atoms with van der Waals surface area (Å²) in [7, 11) is 0. The van der Waals surface area contributed by atoms with Crippen molar-refractivity contribution in [1.29, 1.82) is 5.26 Å². The van der Waals surface area contributed by atoms with Crippen molar-refractivity contribution in [3.05, 3.63) is 70.2 Å². The summed E-state index contributed by atoms with van der Waals surface area (Å²) in [5.41, 5.74) is -0.106. The molecule has 1 atom stereocenters. The Bertz CT molecular complexity index is 709. The average molecular weight is 292 g/mol. The van der Waals surface area contributed by atoms with Gasteiger partial charge in [-0.05, 0) is 18.2 Å². The Kier molecular flexibility index (Phi) is 4.11. The number of ketones is 1. The van der Waals surface area contributed by atoms with Crippen LogP contribution in [0.25, 0.3) is 0 Å². The number of carbonyl (C=O) groups is 1. The Balaban J connectivity index is 2.46. The van der Waals surface area contributed by atoms with E-state index in [2.05, 4.69) is 0 Å². The molecule has 0 spiro atoms. The van der Waals surface area contributed by atoms with Crippen LogP contribution in [0.2, 0.25) is 5.02 Å². The molecule has 0 aromatic heterocycles. The predicted molar refractivity (Wildman–Crippen MR) is 70.5 cm³/mol. The van der Waals surface area contributed by atoms with Crippen molar-refractivity contribution in [1.82, 2.24) is 0 Å². The Morgan fingerprint density at radius 3 is 2.55 bits per heavy atom. The summed E-state index contributed by atoms with van der Waals surface area (Å²) in [4.78, 5) is 12.2. The molecule has 2 aromatic carbocycles. The first-order valence-corrected chi connectivity index (χ1v) is 6.05. The number of Topliss-reactive ketones (excluding diaryl/α,β-unsaturated/α-hetero) is 1. The van der Waals surface area contributed by atoms with Crippen molar-refractivity contribution in [3.63, 3.8) is 0 Å². The number of hydrogen-bond acceptors (Lipinski definition) is 2. The van der Waals surface area contributed by atoms with Gasteiger partial charge in [-0.15, -0.1) is 0 Å². The van der Waals surface area contributed by atoms with E-state index in [1.54, 1.807) is 6.07 Å². The molecule has 1 unspecified atom stereocenters. The van der Waals surface area contributed by atoms with Crippen molar-refractivity contribution in [3.8, 4) is 6.07 Å². The molecule has 0 heterocycles. The minimum Gasteiger partial charge on any atom is -0.292 e. The molecule has 0 aliphatic carbocycles. The Morgan fingerprint density at radius 2 is 1.90 bits per heavy atom. The highest BCUT2D eigenvalue weighted by Gasteiger charge is 2.25. The molecule has 0 saturated heterocycles. The molecular weight excluding hydrogens is 284 g/mol. The van der Waals surface area contributed by atoms with E-state index in [4.69, 9.17) is 16.9 Å². The molecule has 100 valence electrons. The molecule has 0 N–H and O–H groups in total. The van der Waals surface area contributed by atoms with E-state index in [0.29, 0.717) is 0 Å². The molecule has 0 bridgehead atoms. The first-order chi connectivity index (χ1) is 9.54. The highest BCUT2D eigenvalue weighted by molar-refractivity contribution is 6.30. The van der Waals surface area contributed by atoms with E-state index in [9.17, 15) is 13.6 Å². The number of benzene rings is 2. The number of halogens is 3. The number of carbonyl (C=O) groups excluding carboxylic acids is 1. The van der Waals surface area contributed by atoms with Crippen molar-refractivity contribution in [2.45, 2.75) is 5.92 Å². The van der Waals surface area contributed by atoms with Crippen LogP contribution < -0.4 is 0 Å². The van der Waals surface area contributed by atoms with Gasteiger partial charge in [0.15, 0.2) is 5.78 Å². The lowest BCUT2D eigenvalue weighted by atomic mass is 9.91. The fourth-order valence-electron chi connectivity index (χ4n) is 1.82.